The Bertz CT molecular complexity index is 414. The molecule has 1 amide bonds. The number of likely N-dealkylation sites (N-methyl/N-ethyl adjacent to an activating group) is 1. The third-order valence-corrected chi connectivity index (χ3v) is 3.48. The van der Waals surface area contributed by atoms with E-state index in [2.05, 4.69) is 23.1 Å². The quantitative estimate of drug-likeness (QED) is 0.795. The standard InChI is InChI=1S/C14H20N2O/c1-11(2)15(3)14(17)10-16-9-8-12-6-4-5-7-13(12)16/h4-7,11H,8-10H2,1-3H3. The molecule has 0 atom stereocenters. The van der Waals surface area contributed by atoms with Gasteiger partial charge in [0.1, 0.15) is 0 Å². The lowest BCUT2D eigenvalue weighted by molar-refractivity contribution is -0.129. The van der Waals surface area contributed by atoms with E-state index in [4.69, 9.17) is 0 Å². The molecule has 0 N–H and O–H groups in total. The molecule has 0 saturated heterocycles. The minimum Gasteiger partial charge on any atom is -0.362 e. The van der Waals surface area contributed by atoms with Crippen molar-refractivity contribution >= 4 is 11.6 Å². The number of benzene rings is 1. The average Bonchev–Trinajstić information content (AvgIpc) is 2.71. The monoisotopic (exact) mass is 232 g/mol. The van der Waals surface area contributed by atoms with E-state index in [9.17, 15) is 4.79 Å². The summed E-state index contributed by atoms with van der Waals surface area (Å²) in [6.07, 6.45) is 1.05. The van der Waals surface area contributed by atoms with Gasteiger partial charge in [-0.3, -0.25) is 4.79 Å². The first-order valence-electron chi connectivity index (χ1n) is 6.18. The molecule has 0 fully saturated rings. The van der Waals surface area contributed by atoms with E-state index in [1.54, 1.807) is 4.90 Å². The molecule has 1 aromatic carbocycles. The lowest BCUT2D eigenvalue weighted by Crippen LogP contribution is -2.40. The summed E-state index contributed by atoms with van der Waals surface area (Å²) in [6, 6.07) is 8.61. The van der Waals surface area contributed by atoms with Crippen molar-refractivity contribution in [2.24, 2.45) is 0 Å². The number of rotatable bonds is 3. The second kappa shape index (κ2) is 4.78. The van der Waals surface area contributed by atoms with Crippen LogP contribution >= 0.6 is 0 Å². The molecule has 0 radical (unpaired) electrons. The summed E-state index contributed by atoms with van der Waals surface area (Å²) in [5.74, 6) is 0.191. The van der Waals surface area contributed by atoms with Crippen LogP contribution in [0, 0.1) is 0 Å². The maximum absolute atomic E-state index is 12.0. The molecule has 17 heavy (non-hydrogen) atoms. The maximum Gasteiger partial charge on any atom is 0.242 e. The molecule has 2 rings (SSSR count). The van der Waals surface area contributed by atoms with Gasteiger partial charge >= 0.3 is 0 Å². The summed E-state index contributed by atoms with van der Waals surface area (Å²) in [6.45, 7) is 5.52. The lowest BCUT2D eigenvalue weighted by Gasteiger charge is -2.26. The molecule has 1 aromatic rings. The van der Waals surface area contributed by atoms with Crippen LogP contribution in [0.15, 0.2) is 24.3 Å². The van der Waals surface area contributed by atoms with Crippen LogP contribution in [-0.4, -0.2) is 37.0 Å². The van der Waals surface area contributed by atoms with Gasteiger partial charge in [-0.05, 0) is 31.9 Å². The van der Waals surface area contributed by atoms with Gasteiger partial charge in [0.25, 0.3) is 0 Å². The molecule has 92 valence electrons. The van der Waals surface area contributed by atoms with Crippen molar-refractivity contribution in [3.05, 3.63) is 29.8 Å². The Balaban J connectivity index is 2.05. The minimum absolute atomic E-state index is 0.191. The fourth-order valence-electron chi connectivity index (χ4n) is 2.13. The second-order valence-electron chi connectivity index (χ2n) is 4.90. The van der Waals surface area contributed by atoms with Crippen molar-refractivity contribution in [1.82, 2.24) is 4.90 Å². The first-order valence-corrected chi connectivity index (χ1v) is 6.18. The molecule has 0 unspecified atom stereocenters. The maximum atomic E-state index is 12.0. The molecule has 3 heteroatoms. The number of anilines is 1. The third kappa shape index (κ3) is 2.43. The molecule has 0 aliphatic carbocycles. The number of hydrogen-bond acceptors (Lipinski definition) is 2. The van der Waals surface area contributed by atoms with Crippen LogP contribution in [0.5, 0.6) is 0 Å². The summed E-state index contributed by atoms with van der Waals surface area (Å²) in [5, 5.41) is 0. The summed E-state index contributed by atoms with van der Waals surface area (Å²) < 4.78 is 0. The van der Waals surface area contributed by atoms with Crippen LogP contribution in [0.1, 0.15) is 19.4 Å². The van der Waals surface area contributed by atoms with Gasteiger partial charge in [0.15, 0.2) is 0 Å². The Morgan fingerprint density at radius 2 is 2.12 bits per heavy atom. The number of nitrogens with zero attached hydrogens (tertiary/aromatic N) is 2. The Morgan fingerprint density at radius 1 is 1.41 bits per heavy atom. The van der Waals surface area contributed by atoms with Crippen molar-refractivity contribution in [1.29, 1.82) is 0 Å². The number of carbonyl (C=O) groups excluding carboxylic acids is 1. The molecular weight excluding hydrogens is 212 g/mol. The summed E-state index contributed by atoms with van der Waals surface area (Å²) in [4.78, 5) is 16.0. The highest BCUT2D eigenvalue weighted by Crippen LogP contribution is 2.27. The molecule has 1 aliphatic rings. The van der Waals surface area contributed by atoms with Crippen LogP contribution in [0.25, 0.3) is 0 Å². The number of amides is 1. The third-order valence-electron chi connectivity index (χ3n) is 3.48. The van der Waals surface area contributed by atoms with E-state index < -0.39 is 0 Å². The fourth-order valence-corrected chi connectivity index (χ4v) is 2.13. The average molecular weight is 232 g/mol. The van der Waals surface area contributed by atoms with Gasteiger partial charge in [-0.15, -0.1) is 0 Å². The predicted molar refractivity (Wildman–Crippen MR) is 70.3 cm³/mol. The van der Waals surface area contributed by atoms with Crippen molar-refractivity contribution in [3.8, 4) is 0 Å². The molecule has 0 aromatic heterocycles. The number of fused-ring (bicyclic) bond motifs is 1. The lowest BCUT2D eigenvalue weighted by atomic mass is 10.2. The summed E-state index contributed by atoms with van der Waals surface area (Å²) in [5.41, 5.74) is 2.57. The molecule has 1 aliphatic heterocycles. The first-order chi connectivity index (χ1) is 8.09. The van der Waals surface area contributed by atoms with E-state index >= 15 is 0 Å². The van der Waals surface area contributed by atoms with Gasteiger partial charge in [0, 0.05) is 25.3 Å². The molecule has 0 bridgehead atoms. The van der Waals surface area contributed by atoms with Crippen molar-refractivity contribution in [2.45, 2.75) is 26.3 Å². The highest BCUT2D eigenvalue weighted by atomic mass is 16.2. The second-order valence-corrected chi connectivity index (χ2v) is 4.90. The van der Waals surface area contributed by atoms with Gasteiger partial charge < -0.3 is 9.80 Å². The van der Waals surface area contributed by atoms with E-state index in [-0.39, 0.29) is 11.9 Å². The summed E-state index contributed by atoms with van der Waals surface area (Å²) in [7, 11) is 1.87. The molecule has 1 heterocycles. The topological polar surface area (TPSA) is 23.6 Å². The zero-order chi connectivity index (χ0) is 12.4. The zero-order valence-electron chi connectivity index (χ0n) is 10.8. The van der Waals surface area contributed by atoms with Crippen LogP contribution < -0.4 is 4.90 Å². The fraction of sp³-hybridized carbons (Fsp3) is 0.500. The minimum atomic E-state index is 0.191. The molecular formula is C14H20N2O. The number of hydrogen-bond donors (Lipinski definition) is 0. The van der Waals surface area contributed by atoms with Crippen molar-refractivity contribution < 1.29 is 4.79 Å². The normalized spacial score (nSPS) is 14.0. The van der Waals surface area contributed by atoms with E-state index in [1.165, 1.54) is 11.3 Å². The summed E-state index contributed by atoms with van der Waals surface area (Å²) >= 11 is 0. The van der Waals surface area contributed by atoms with Crippen LogP contribution in [-0.2, 0) is 11.2 Å². The van der Waals surface area contributed by atoms with E-state index in [1.807, 2.05) is 27.0 Å². The van der Waals surface area contributed by atoms with E-state index in [0.717, 1.165) is 13.0 Å². The Morgan fingerprint density at radius 3 is 2.82 bits per heavy atom. The van der Waals surface area contributed by atoms with Crippen molar-refractivity contribution in [3.63, 3.8) is 0 Å². The molecule has 0 saturated carbocycles. The van der Waals surface area contributed by atoms with Crippen LogP contribution in [0.4, 0.5) is 5.69 Å². The SMILES string of the molecule is CC(C)N(C)C(=O)CN1CCc2ccccc21. The van der Waals surface area contributed by atoms with Crippen LogP contribution in [0.3, 0.4) is 0 Å². The van der Waals surface area contributed by atoms with Gasteiger partial charge in [-0.2, -0.15) is 0 Å². The van der Waals surface area contributed by atoms with Crippen molar-refractivity contribution in [2.75, 3.05) is 25.0 Å². The molecule has 3 nitrogen and oxygen atoms in total. The number of para-hydroxylation sites is 1. The number of carbonyl (C=O) groups is 1. The predicted octanol–water partition coefficient (Wildman–Crippen LogP) is 1.92. The highest BCUT2D eigenvalue weighted by molar-refractivity contribution is 5.82. The van der Waals surface area contributed by atoms with Gasteiger partial charge in [0.05, 0.1) is 6.54 Å². The zero-order valence-corrected chi connectivity index (χ0v) is 10.8. The molecule has 0 spiro atoms. The van der Waals surface area contributed by atoms with Gasteiger partial charge in [-0.1, -0.05) is 18.2 Å². The van der Waals surface area contributed by atoms with Gasteiger partial charge in [0.2, 0.25) is 5.91 Å². The van der Waals surface area contributed by atoms with Crippen LogP contribution in [0.2, 0.25) is 0 Å². The highest BCUT2D eigenvalue weighted by Gasteiger charge is 2.22. The van der Waals surface area contributed by atoms with Gasteiger partial charge in [-0.25, -0.2) is 0 Å². The Kier molecular flexibility index (Phi) is 3.36. The Labute approximate surface area is 103 Å². The first kappa shape index (κ1) is 12.0. The smallest absolute Gasteiger partial charge is 0.242 e. The largest absolute Gasteiger partial charge is 0.362 e. The van der Waals surface area contributed by atoms with E-state index in [0.29, 0.717) is 6.54 Å². The Hall–Kier alpha value is -1.51.